The number of carbonyl (C=O) groups is 2. The zero-order valence-electron chi connectivity index (χ0n) is 19.8. The van der Waals surface area contributed by atoms with Crippen LogP contribution in [0.3, 0.4) is 0 Å². The number of aliphatic hydroxyl groups excluding tert-OH is 2. The van der Waals surface area contributed by atoms with Gasteiger partial charge >= 0.3 is 5.97 Å². The first-order chi connectivity index (χ1) is 16.9. The number of hydrogen-bond donors (Lipinski definition) is 2. The number of halogens is 1. The first-order valence-electron chi connectivity index (χ1n) is 12.0. The Bertz CT molecular complexity index is 1070. The van der Waals surface area contributed by atoms with E-state index in [1.54, 1.807) is 23.5 Å². The van der Waals surface area contributed by atoms with Crippen molar-refractivity contribution in [2.45, 2.75) is 57.2 Å². The molecule has 1 fully saturated rings. The largest absolute Gasteiger partial charge is 0.461 e. The Kier molecular flexibility index (Phi) is 10.7. The zero-order chi connectivity index (χ0) is 25.2. The lowest BCUT2D eigenvalue weighted by atomic mass is 9.90. The van der Waals surface area contributed by atoms with Gasteiger partial charge in [0.1, 0.15) is 12.4 Å². The second-order valence-corrected chi connectivity index (χ2v) is 10.3. The maximum absolute atomic E-state index is 12.4. The molecular formula is C28H33ClO5S. The summed E-state index contributed by atoms with van der Waals surface area (Å²) in [4.78, 5) is 24.9. The summed E-state index contributed by atoms with van der Waals surface area (Å²) in [7, 11) is 0. The third kappa shape index (κ3) is 7.87. The van der Waals surface area contributed by atoms with Crippen molar-refractivity contribution in [1.29, 1.82) is 0 Å². The van der Waals surface area contributed by atoms with Crippen LogP contribution in [0.2, 0.25) is 5.02 Å². The Morgan fingerprint density at radius 3 is 2.89 bits per heavy atom. The number of aryl methyl sites for hydroxylation is 1. The molecule has 35 heavy (non-hydrogen) atoms. The van der Waals surface area contributed by atoms with Gasteiger partial charge in [0, 0.05) is 39.6 Å². The molecule has 2 N–H and O–H groups in total. The van der Waals surface area contributed by atoms with Crippen LogP contribution in [-0.2, 0) is 20.7 Å². The fraction of sp³-hybridized carbons (Fsp3) is 0.429. The fourth-order valence-electron chi connectivity index (χ4n) is 4.33. The van der Waals surface area contributed by atoms with Crippen molar-refractivity contribution in [2.24, 2.45) is 11.8 Å². The number of unbranched alkanes of at least 4 members (excludes halogenated alkanes) is 1. The molecule has 0 amide bonds. The molecule has 1 unspecified atom stereocenters. The first-order valence-corrected chi connectivity index (χ1v) is 13.2. The molecule has 5 nitrogen and oxygen atoms in total. The number of fused-ring (bicyclic) bond motifs is 1. The highest BCUT2D eigenvalue weighted by Gasteiger charge is 2.39. The monoisotopic (exact) mass is 516 g/mol. The molecule has 4 atom stereocenters. The van der Waals surface area contributed by atoms with Crippen LogP contribution in [0, 0.1) is 11.8 Å². The Balaban J connectivity index is 1.47. The normalized spacial score (nSPS) is 21.3. The number of rotatable bonds is 13. The molecule has 1 aromatic carbocycles. The van der Waals surface area contributed by atoms with E-state index in [0.717, 1.165) is 20.0 Å². The van der Waals surface area contributed by atoms with Crippen molar-refractivity contribution in [1.82, 2.24) is 0 Å². The average molecular weight is 517 g/mol. The standard InChI is InChI=1S/C28H33ClO5S/c1-2-17-34-27(33)12-6-4-3-5-9-20-21(24(32)18-23(20)31)15-13-19(30)14-16-26-28(29)22-10-7-8-11-25(22)35-26/h2-3,5,7-8,10-11,13,15,19-21,24,30,32H,1,4,6,9,12,14,16-18H2/b5-3-,15-13+/t19-,20-,21-,24?/m1/s1. The van der Waals surface area contributed by atoms with Crippen LogP contribution >= 0.6 is 22.9 Å². The van der Waals surface area contributed by atoms with Gasteiger partial charge in [-0.1, -0.05) is 66.8 Å². The number of aliphatic hydroxyl groups is 2. The van der Waals surface area contributed by atoms with Crippen LogP contribution in [0.15, 0.2) is 61.2 Å². The van der Waals surface area contributed by atoms with Crippen molar-refractivity contribution in [2.75, 3.05) is 6.61 Å². The second-order valence-electron chi connectivity index (χ2n) is 8.82. The average Bonchev–Trinajstić information content (AvgIpc) is 3.31. The lowest BCUT2D eigenvalue weighted by Gasteiger charge is -2.16. The van der Waals surface area contributed by atoms with E-state index >= 15 is 0 Å². The van der Waals surface area contributed by atoms with Gasteiger partial charge in [-0.2, -0.15) is 0 Å². The molecule has 0 aliphatic heterocycles. The number of ether oxygens (including phenoxy) is 1. The summed E-state index contributed by atoms with van der Waals surface area (Å²) in [5, 5.41) is 22.7. The van der Waals surface area contributed by atoms with Crippen molar-refractivity contribution >= 4 is 44.8 Å². The van der Waals surface area contributed by atoms with Gasteiger partial charge in [-0.05, 0) is 38.2 Å². The number of Topliss-reactive ketones (excluding diaryl/α,β-unsaturated/α-hetero) is 1. The molecule has 3 rings (SSSR count). The molecule has 188 valence electrons. The third-order valence-electron chi connectivity index (χ3n) is 6.23. The third-order valence-corrected chi connectivity index (χ3v) is 8.00. The van der Waals surface area contributed by atoms with E-state index < -0.39 is 12.2 Å². The van der Waals surface area contributed by atoms with Crippen molar-refractivity contribution in [3.63, 3.8) is 0 Å². The summed E-state index contributed by atoms with van der Waals surface area (Å²) in [6.45, 7) is 3.73. The first kappa shape index (κ1) is 27.3. The Labute approximate surface area is 215 Å². The highest BCUT2D eigenvalue weighted by molar-refractivity contribution is 7.19. The van der Waals surface area contributed by atoms with Gasteiger partial charge in [-0.25, -0.2) is 0 Å². The number of hydrogen-bond acceptors (Lipinski definition) is 6. The minimum Gasteiger partial charge on any atom is -0.461 e. The lowest BCUT2D eigenvalue weighted by molar-refractivity contribution is -0.142. The molecule has 1 aromatic heterocycles. The van der Waals surface area contributed by atoms with Crippen LogP contribution in [0.25, 0.3) is 10.1 Å². The number of allylic oxidation sites excluding steroid dienone is 2. The maximum atomic E-state index is 12.4. The Morgan fingerprint density at radius 1 is 1.31 bits per heavy atom. The van der Waals surface area contributed by atoms with Crippen LogP contribution in [0.1, 0.15) is 43.4 Å². The van der Waals surface area contributed by atoms with E-state index in [1.165, 1.54) is 6.08 Å². The zero-order valence-corrected chi connectivity index (χ0v) is 21.3. The maximum Gasteiger partial charge on any atom is 0.306 e. The summed E-state index contributed by atoms with van der Waals surface area (Å²) in [5.41, 5.74) is 0. The molecule has 2 aromatic rings. The molecule has 1 saturated carbocycles. The van der Waals surface area contributed by atoms with Crippen molar-refractivity contribution in [3.8, 4) is 0 Å². The van der Waals surface area contributed by atoms with Crippen LogP contribution in [-0.4, -0.2) is 40.8 Å². The van der Waals surface area contributed by atoms with Crippen LogP contribution in [0.4, 0.5) is 0 Å². The van der Waals surface area contributed by atoms with Gasteiger partial charge in [0.15, 0.2) is 0 Å². The quantitative estimate of drug-likeness (QED) is 0.199. The number of esters is 1. The summed E-state index contributed by atoms with van der Waals surface area (Å²) in [6.07, 6.45) is 11.1. The molecule has 0 spiro atoms. The molecule has 0 radical (unpaired) electrons. The molecule has 7 heteroatoms. The fourth-order valence-corrected chi connectivity index (χ4v) is 5.88. The number of carbonyl (C=O) groups excluding carboxylic acids is 2. The summed E-state index contributed by atoms with van der Waals surface area (Å²) >= 11 is 8.14. The number of ketones is 1. The summed E-state index contributed by atoms with van der Waals surface area (Å²) < 4.78 is 6.07. The van der Waals surface area contributed by atoms with Gasteiger partial charge < -0.3 is 14.9 Å². The molecular weight excluding hydrogens is 484 g/mol. The van der Waals surface area contributed by atoms with Crippen LogP contribution < -0.4 is 0 Å². The highest BCUT2D eigenvalue weighted by atomic mass is 35.5. The molecule has 1 aliphatic rings. The predicted octanol–water partition coefficient (Wildman–Crippen LogP) is 5.82. The molecule has 0 saturated heterocycles. The summed E-state index contributed by atoms with van der Waals surface area (Å²) in [6, 6.07) is 7.98. The van der Waals surface area contributed by atoms with E-state index in [4.69, 9.17) is 16.3 Å². The predicted molar refractivity (Wildman–Crippen MR) is 142 cm³/mol. The molecule has 1 aliphatic carbocycles. The smallest absolute Gasteiger partial charge is 0.306 e. The van der Waals surface area contributed by atoms with E-state index in [2.05, 4.69) is 6.58 Å². The summed E-state index contributed by atoms with van der Waals surface area (Å²) in [5.74, 6) is -0.829. The highest BCUT2D eigenvalue weighted by Crippen LogP contribution is 2.36. The van der Waals surface area contributed by atoms with Crippen molar-refractivity contribution < 1.29 is 24.5 Å². The lowest BCUT2D eigenvalue weighted by Crippen LogP contribution is -2.19. The minimum absolute atomic E-state index is 0.0383. The van der Waals surface area contributed by atoms with Gasteiger partial charge in [0.25, 0.3) is 0 Å². The Morgan fingerprint density at radius 2 is 2.11 bits per heavy atom. The van der Waals surface area contributed by atoms with E-state index in [-0.39, 0.29) is 36.6 Å². The van der Waals surface area contributed by atoms with E-state index in [9.17, 15) is 19.8 Å². The van der Waals surface area contributed by atoms with Crippen LogP contribution in [0.5, 0.6) is 0 Å². The van der Waals surface area contributed by atoms with E-state index in [0.29, 0.717) is 38.5 Å². The van der Waals surface area contributed by atoms with Gasteiger partial charge in [-0.3, -0.25) is 9.59 Å². The minimum atomic E-state index is -0.735. The topological polar surface area (TPSA) is 83.8 Å². The van der Waals surface area contributed by atoms with Gasteiger partial charge in [0.2, 0.25) is 0 Å². The van der Waals surface area contributed by atoms with E-state index in [1.807, 2.05) is 36.4 Å². The van der Waals surface area contributed by atoms with Gasteiger partial charge in [-0.15, -0.1) is 11.3 Å². The SMILES string of the molecule is C=CCOC(=O)CCC/C=C\C[C@H]1C(=O)CC(O)[C@@H]1/C=C/[C@@H](O)CCc1sc2ccccc2c1Cl. The molecule has 1 heterocycles. The molecule has 0 bridgehead atoms. The number of benzene rings is 1. The van der Waals surface area contributed by atoms with Crippen molar-refractivity contribution in [3.05, 3.63) is 71.1 Å². The second kappa shape index (κ2) is 13.7. The van der Waals surface area contributed by atoms with Gasteiger partial charge in [0.05, 0.1) is 17.2 Å². The number of thiophene rings is 1. The Hall–Kier alpha value is -2.25.